The Morgan fingerprint density at radius 2 is 2.14 bits per heavy atom. The van der Waals surface area contributed by atoms with E-state index in [-0.39, 0.29) is 17.1 Å². The minimum absolute atomic E-state index is 0.116. The highest BCUT2D eigenvalue weighted by atomic mass is 32.2. The Morgan fingerprint density at radius 3 is 2.81 bits per heavy atom. The fraction of sp³-hybridized carbons (Fsp3) is 0.562. The summed E-state index contributed by atoms with van der Waals surface area (Å²) in [6.45, 7) is 2.32. The van der Waals surface area contributed by atoms with Crippen molar-refractivity contribution in [2.75, 3.05) is 18.2 Å². The summed E-state index contributed by atoms with van der Waals surface area (Å²) in [5.74, 6) is 1.77. The number of rotatable bonds is 2. The molecule has 114 valence electrons. The first-order valence-corrected chi connectivity index (χ1v) is 8.42. The molecule has 0 aromatic heterocycles. The van der Waals surface area contributed by atoms with Crippen molar-refractivity contribution in [1.82, 2.24) is 0 Å². The number of methoxy groups -OCH3 is 1. The Morgan fingerprint density at radius 1 is 1.38 bits per heavy atom. The van der Waals surface area contributed by atoms with E-state index in [1.165, 1.54) is 38.9 Å². The standard InChI is InChI=1S/C16H21FN2OS/c1-11-5-7-16(8-6-11)10-21-15(19-16)18-12-3-4-14(20-2)13(17)9-12/h3-4,9,11H,5-8,10H2,1-2H3,(H,18,19). The van der Waals surface area contributed by atoms with Crippen LogP contribution in [0, 0.1) is 11.7 Å². The van der Waals surface area contributed by atoms with Crippen molar-refractivity contribution in [3.05, 3.63) is 24.0 Å². The number of ether oxygens (including phenoxy) is 1. The second-order valence-electron chi connectivity index (χ2n) is 6.09. The van der Waals surface area contributed by atoms with E-state index in [4.69, 9.17) is 9.73 Å². The lowest BCUT2D eigenvalue weighted by atomic mass is 9.79. The average molecular weight is 308 g/mol. The maximum atomic E-state index is 13.7. The number of benzene rings is 1. The Kier molecular flexibility index (Phi) is 4.11. The van der Waals surface area contributed by atoms with E-state index < -0.39 is 0 Å². The van der Waals surface area contributed by atoms with Crippen molar-refractivity contribution in [2.45, 2.75) is 38.1 Å². The molecule has 0 unspecified atom stereocenters. The molecule has 0 radical (unpaired) electrons. The SMILES string of the molecule is COc1ccc(NC2=NC3(CCC(C)CC3)CS2)cc1F. The predicted molar refractivity (Wildman–Crippen MR) is 86.8 cm³/mol. The first-order chi connectivity index (χ1) is 10.1. The monoisotopic (exact) mass is 308 g/mol. The van der Waals surface area contributed by atoms with Crippen LogP contribution in [0.15, 0.2) is 23.2 Å². The first kappa shape index (κ1) is 14.7. The number of aliphatic imine (C=N–C) groups is 1. The quantitative estimate of drug-likeness (QED) is 0.884. The summed E-state index contributed by atoms with van der Waals surface area (Å²) in [7, 11) is 1.47. The van der Waals surface area contributed by atoms with Crippen molar-refractivity contribution in [1.29, 1.82) is 0 Å². The second-order valence-corrected chi connectivity index (χ2v) is 7.05. The summed E-state index contributed by atoms with van der Waals surface area (Å²) >= 11 is 1.74. The van der Waals surface area contributed by atoms with Crippen LogP contribution in [0.25, 0.3) is 0 Å². The van der Waals surface area contributed by atoms with Crippen LogP contribution in [0.3, 0.4) is 0 Å². The Labute approximate surface area is 129 Å². The van der Waals surface area contributed by atoms with Crippen molar-refractivity contribution in [3.63, 3.8) is 0 Å². The predicted octanol–water partition coefficient (Wildman–Crippen LogP) is 4.30. The Hall–Kier alpha value is -1.23. The summed E-state index contributed by atoms with van der Waals surface area (Å²) in [6, 6.07) is 4.91. The molecule has 5 heteroatoms. The van der Waals surface area contributed by atoms with E-state index in [9.17, 15) is 4.39 Å². The number of anilines is 1. The maximum Gasteiger partial charge on any atom is 0.167 e. The summed E-state index contributed by atoms with van der Waals surface area (Å²) in [5.41, 5.74) is 0.839. The van der Waals surface area contributed by atoms with Crippen LogP contribution in [0.2, 0.25) is 0 Å². The number of nitrogens with one attached hydrogen (secondary N) is 1. The third-order valence-corrected chi connectivity index (χ3v) is 5.57. The summed E-state index contributed by atoms with van der Waals surface area (Å²) < 4.78 is 18.6. The topological polar surface area (TPSA) is 33.6 Å². The molecule has 1 aliphatic carbocycles. The van der Waals surface area contributed by atoms with Gasteiger partial charge in [-0.2, -0.15) is 0 Å². The van der Waals surface area contributed by atoms with Gasteiger partial charge in [0, 0.05) is 17.5 Å². The van der Waals surface area contributed by atoms with Gasteiger partial charge in [0.1, 0.15) is 0 Å². The smallest absolute Gasteiger partial charge is 0.167 e. The molecule has 3 nitrogen and oxygen atoms in total. The second kappa shape index (κ2) is 5.87. The Bertz CT molecular complexity index is 553. The normalized spacial score (nSPS) is 28.5. The van der Waals surface area contributed by atoms with Gasteiger partial charge < -0.3 is 10.1 Å². The van der Waals surface area contributed by atoms with Gasteiger partial charge in [-0.3, -0.25) is 4.99 Å². The molecule has 2 aliphatic rings. The lowest BCUT2D eigenvalue weighted by molar-refractivity contribution is 0.273. The number of hydrogen-bond acceptors (Lipinski definition) is 4. The Balaban J connectivity index is 1.70. The summed E-state index contributed by atoms with van der Waals surface area (Å²) in [5, 5.41) is 4.14. The van der Waals surface area contributed by atoms with Gasteiger partial charge in [0.15, 0.2) is 16.7 Å². The minimum atomic E-state index is -0.354. The molecule has 0 amide bonds. The molecule has 21 heavy (non-hydrogen) atoms. The van der Waals surface area contributed by atoms with Crippen LogP contribution in [-0.2, 0) is 0 Å². The maximum absolute atomic E-state index is 13.7. The van der Waals surface area contributed by atoms with Gasteiger partial charge in [-0.25, -0.2) is 4.39 Å². The zero-order valence-corrected chi connectivity index (χ0v) is 13.3. The van der Waals surface area contributed by atoms with Gasteiger partial charge in [0.25, 0.3) is 0 Å². The van der Waals surface area contributed by atoms with Crippen LogP contribution in [0.1, 0.15) is 32.6 Å². The molecule has 1 aromatic rings. The van der Waals surface area contributed by atoms with Gasteiger partial charge in [-0.15, -0.1) is 0 Å². The van der Waals surface area contributed by atoms with Crippen molar-refractivity contribution < 1.29 is 9.13 Å². The summed E-state index contributed by atoms with van der Waals surface area (Å²) in [4.78, 5) is 4.90. The van der Waals surface area contributed by atoms with E-state index in [1.54, 1.807) is 17.8 Å². The molecule has 0 bridgehead atoms. The molecule has 1 aliphatic heterocycles. The van der Waals surface area contributed by atoms with Crippen molar-refractivity contribution in [3.8, 4) is 5.75 Å². The molecule has 0 atom stereocenters. The van der Waals surface area contributed by atoms with Crippen LogP contribution in [0.5, 0.6) is 5.75 Å². The van der Waals surface area contributed by atoms with Gasteiger partial charge in [-0.05, 0) is 43.7 Å². The van der Waals surface area contributed by atoms with Crippen LogP contribution in [0.4, 0.5) is 10.1 Å². The number of nitrogens with zero attached hydrogens (tertiary/aromatic N) is 1. The van der Waals surface area contributed by atoms with Gasteiger partial charge in [0.05, 0.1) is 12.6 Å². The van der Waals surface area contributed by atoms with Crippen LogP contribution in [-0.4, -0.2) is 23.6 Å². The lowest BCUT2D eigenvalue weighted by Crippen LogP contribution is -2.32. The zero-order valence-electron chi connectivity index (χ0n) is 12.5. The lowest BCUT2D eigenvalue weighted by Gasteiger charge is -2.32. The molecule has 1 N–H and O–H groups in total. The zero-order chi connectivity index (χ0) is 14.9. The molecule has 1 aromatic carbocycles. The van der Waals surface area contributed by atoms with Gasteiger partial charge >= 0.3 is 0 Å². The van der Waals surface area contributed by atoms with Crippen molar-refractivity contribution in [2.24, 2.45) is 10.9 Å². The highest BCUT2D eigenvalue weighted by molar-refractivity contribution is 8.14. The van der Waals surface area contributed by atoms with Crippen LogP contribution >= 0.6 is 11.8 Å². The highest BCUT2D eigenvalue weighted by Crippen LogP contribution is 2.41. The first-order valence-electron chi connectivity index (χ1n) is 7.43. The van der Waals surface area contributed by atoms with E-state index in [0.29, 0.717) is 0 Å². The largest absolute Gasteiger partial charge is 0.494 e. The molecular weight excluding hydrogens is 287 g/mol. The number of halogens is 1. The fourth-order valence-corrected chi connectivity index (χ4v) is 4.18. The molecule has 1 fully saturated rings. The van der Waals surface area contributed by atoms with Gasteiger partial charge in [-0.1, -0.05) is 18.7 Å². The third-order valence-electron chi connectivity index (χ3n) is 4.42. The molecule has 3 rings (SSSR count). The third kappa shape index (κ3) is 3.18. The van der Waals surface area contributed by atoms with E-state index in [1.807, 2.05) is 6.07 Å². The molecule has 1 spiro atoms. The summed E-state index contributed by atoms with van der Waals surface area (Å²) in [6.07, 6.45) is 4.86. The number of hydrogen-bond donors (Lipinski definition) is 1. The van der Waals surface area contributed by atoms with E-state index in [2.05, 4.69) is 12.2 Å². The van der Waals surface area contributed by atoms with E-state index in [0.717, 1.165) is 22.5 Å². The number of thioether (sulfide) groups is 1. The molecule has 0 saturated heterocycles. The highest BCUT2D eigenvalue weighted by Gasteiger charge is 2.38. The molecule has 1 heterocycles. The molecular formula is C16H21FN2OS. The van der Waals surface area contributed by atoms with Crippen molar-refractivity contribution >= 4 is 22.6 Å². The van der Waals surface area contributed by atoms with Crippen LogP contribution < -0.4 is 10.1 Å². The van der Waals surface area contributed by atoms with E-state index >= 15 is 0 Å². The minimum Gasteiger partial charge on any atom is -0.494 e. The fourth-order valence-electron chi connectivity index (χ4n) is 2.97. The average Bonchev–Trinajstić information content (AvgIpc) is 2.86. The molecule has 1 saturated carbocycles. The number of amidine groups is 1. The van der Waals surface area contributed by atoms with Gasteiger partial charge in [0.2, 0.25) is 0 Å².